The molecule has 2 heterocycles. The van der Waals surface area contributed by atoms with Gasteiger partial charge < -0.3 is 14.7 Å². The number of ether oxygens (including phenoxy) is 1. The van der Waals surface area contributed by atoms with Gasteiger partial charge in [0, 0.05) is 41.8 Å². The number of rotatable bonds is 2. The minimum atomic E-state index is -0.443. The summed E-state index contributed by atoms with van der Waals surface area (Å²) in [5.74, 6) is -0.0520. The molecule has 2 atom stereocenters. The summed E-state index contributed by atoms with van der Waals surface area (Å²) in [6, 6.07) is 3.40. The maximum atomic E-state index is 12.8. The first-order valence-corrected chi connectivity index (χ1v) is 8.97. The Morgan fingerprint density at radius 2 is 1.88 bits per heavy atom. The van der Waals surface area contributed by atoms with Crippen molar-refractivity contribution in [3.8, 4) is 0 Å². The van der Waals surface area contributed by atoms with E-state index in [0.717, 1.165) is 25.1 Å². The van der Waals surface area contributed by atoms with E-state index in [1.807, 2.05) is 11.8 Å². The lowest BCUT2D eigenvalue weighted by molar-refractivity contribution is 0.0725. The van der Waals surface area contributed by atoms with E-state index in [0.29, 0.717) is 41.9 Å². The summed E-state index contributed by atoms with van der Waals surface area (Å²) in [6.45, 7) is 5.65. The topological polar surface area (TPSA) is 53.0 Å². The molecule has 7 heteroatoms. The molecule has 0 radical (unpaired) electrons. The van der Waals surface area contributed by atoms with Gasteiger partial charge in [0.25, 0.3) is 5.91 Å². The fourth-order valence-corrected chi connectivity index (χ4v) is 3.79. The second-order valence-corrected chi connectivity index (χ2v) is 7.23. The molecule has 1 aromatic rings. The molecule has 24 heavy (non-hydrogen) atoms. The van der Waals surface area contributed by atoms with Crippen LogP contribution < -0.4 is 0 Å². The molecule has 2 saturated heterocycles. The van der Waals surface area contributed by atoms with Gasteiger partial charge in [-0.05, 0) is 31.0 Å². The largest absolute Gasteiger partial charge is 0.389 e. The molecule has 2 fully saturated rings. The maximum Gasteiger partial charge on any atom is 0.254 e. The summed E-state index contributed by atoms with van der Waals surface area (Å²) in [5, 5.41) is 11.0. The Labute approximate surface area is 152 Å². The first kappa shape index (κ1) is 18.0. The van der Waals surface area contributed by atoms with E-state index in [2.05, 4.69) is 4.90 Å². The highest BCUT2D eigenvalue weighted by atomic mass is 35.5. The lowest BCUT2D eigenvalue weighted by atomic mass is 10.1. The average Bonchev–Trinajstić information content (AvgIpc) is 2.84. The zero-order chi connectivity index (χ0) is 17.3. The molecule has 0 aromatic heterocycles. The zero-order valence-electron chi connectivity index (χ0n) is 13.7. The van der Waals surface area contributed by atoms with Crippen molar-refractivity contribution in [2.24, 2.45) is 0 Å². The smallest absolute Gasteiger partial charge is 0.254 e. The van der Waals surface area contributed by atoms with E-state index < -0.39 is 6.10 Å². The summed E-state index contributed by atoms with van der Waals surface area (Å²) < 4.78 is 5.34. The van der Waals surface area contributed by atoms with Gasteiger partial charge in [-0.3, -0.25) is 9.69 Å². The number of amides is 1. The summed E-state index contributed by atoms with van der Waals surface area (Å²) in [4.78, 5) is 16.8. The molecular weight excluding hydrogens is 351 g/mol. The van der Waals surface area contributed by atoms with Crippen LogP contribution in [-0.4, -0.2) is 72.4 Å². The molecule has 1 aromatic carbocycles. The number of halogens is 2. The summed E-state index contributed by atoms with van der Waals surface area (Å²) in [5.41, 5.74) is 1.31. The SMILES string of the molecule is Cc1c(Cl)cc(C(=O)N2CCCN([C@@H]3COC[C@H]3O)CC2)cc1Cl. The van der Waals surface area contributed by atoms with Gasteiger partial charge in [-0.15, -0.1) is 0 Å². The lowest BCUT2D eigenvalue weighted by Gasteiger charge is -2.28. The molecule has 1 N–H and O–H groups in total. The van der Waals surface area contributed by atoms with Crippen LogP contribution in [0.1, 0.15) is 22.3 Å². The third-order valence-corrected chi connectivity index (χ3v) is 5.62. The number of aliphatic hydroxyl groups is 1. The Hall–Kier alpha value is -0.850. The Morgan fingerprint density at radius 3 is 2.50 bits per heavy atom. The molecule has 0 spiro atoms. The molecule has 3 rings (SSSR count). The quantitative estimate of drug-likeness (QED) is 0.864. The van der Waals surface area contributed by atoms with E-state index in [4.69, 9.17) is 27.9 Å². The van der Waals surface area contributed by atoms with Crippen molar-refractivity contribution in [1.29, 1.82) is 0 Å². The van der Waals surface area contributed by atoms with Crippen LogP contribution in [0.3, 0.4) is 0 Å². The van der Waals surface area contributed by atoms with E-state index in [1.54, 1.807) is 12.1 Å². The highest BCUT2D eigenvalue weighted by Crippen LogP contribution is 2.26. The highest BCUT2D eigenvalue weighted by molar-refractivity contribution is 6.36. The molecule has 0 aliphatic carbocycles. The summed E-state index contributed by atoms with van der Waals surface area (Å²) in [6.07, 6.45) is 0.421. The van der Waals surface area contributed by atoms with Crippen LogP contribution in [0, 0.1) is 6.92 Å². The molecule has 5 nitrogen and oxygen atoms in total. The van der Waals surface area contributed by atoms with E-state index in [9.17, 15) is 9.90 Å². The van der Waals surface area contributed by atoms with Crippen molar-refractivity contribution in [3.63, 3.8) is 0 Å². The Balaban J connectivity index is 1.68. The maximum absolute atomic E-state index is 12.8. The average molecular weight is 373 g/mol. The number of nitrogens with zero attached hydrogens (tertiary/aromatic N) is 2. The molecule has 2 aliphatic rings. The number of benzene rings is 1. The second kappa shape index (κ2) is 7.58. The van der Waals surface area contributed by atoms with Crippen LogP contribution in [0.15, 0.2) is 12.1 Å². The molecule has 0 bridgehead atoms. The van der Waals surface area contributed by atoms with E-state index in [1.165, 1.54) is 0 Å². The number of carbonyl (C=O) groups excluding carboxylic acids is 1. The highest BCUT2D eigenvalue weighted by Gasteiger charge is 2.33. The van der Waals surface area contributed by atoms with Crippen molar-refractivity contribution in [3.05, 3.63) is 33.3 Å². The standard InChI is InChI=1S/C17H22Cl2N2O3/c1-11-13(18)7-12(8-14(11)19)17(23)21-4-2-3-20(5-6-21)15-9-24-10-16(15)22/h7-8,15-16,22H,2-6,9-10H2,1H3/t15-,16-/m1/s1. The number of carbonyl (C=O) groups is 1. The minimum Gasteiger partial charge on any atom is -0.389 e. The molecule has 132 valence electrons. The van der Waals surface area contributed by atoms with Crippen LogP contribution in [0.5, 0.6) is 0 Å². The summed E-state index contributed by atoms with van der Waals surface area (Å²) in [7, 11) is 0. The lowest BCUT2D eigenvalue weighted by Crippen LogP contribution is -2.45. The second-order valence-electron chi connectivity index (χ2n) is 6.42. The molecule has 1 amide bonds. The monoisotopic (exact) mass is 372 g/mol. The van der Waals surface area contributed by atoms with Gasteiger partial charge in [-0.1, -0.05) is 23.2 Å². The van der Waals surface area contributed by atoms with Crippen molar-refractivity contribution in [2.75, 3.05) is 39.4 Å². The van der Waals surface area contributed by atoms with Gasteiger partial charge in [0.2, 0.25) is 0 Å². The third-order valence-electron chi connectivity index (χ3n) is 4.84. The van der Waals surface area contributed by atoms with Crippen molar-refractivity contribution in [1.82, 2.24) is 9.80 Å². The predicted molar refractivity (Wildman–Crippen MR) is 93.9 cm³/mol. The van der Waals surface area contributed by atoms with Gasteiger partial charge in [0.1, 0.15) is 0 Å². The Bertz CT molecular complexity index is 603. The molecule has 0 saturated carbocycles. The first-order valence-electron chi connectivity index (χ1n) is 8.22. The van der Waals surface area contributed by atoms with Gasteiger partial charge in [0.15, 0.2) is 0 Å². The summed E-state index contributed by atoms with van der Waals surface area (Å²) >= 11 is 12.3. The van der Waals surface area contributed by atoms with Crippen LogP contribution in [0.4, 0.5) is 0 Å². The number of hydrogen-bond acceptors (Lipinski definition) is 4. The van der Waals surface area contributed by atoms with Gasteiger partial charge in [0.05, 0.1) is 25.4 Å². The van der Waals surface area contributed by atoms with E-state index in [-0.39, 0.29) is 11.9 Å². The van der Waals surface area contributed by atoms with Crippen molar-refractivity contribution >= 4 is 29.1 Å². The van der Waals surface area contributed by atoms with Crippen molar-refractivity contribution < 1.29 is 14.6 Å². The first-order chi connectivity index (χ1) is 11.5. The zero-order valence-corrected chi connectivity index (χ0v) is 15.2. The molecular formula is C17H22Cl2N2O3. The normalized spacial score (nSPS) is 25.8. The van der Waals surface area contributed by atoms with Gasteiger partial charge >= 0.3 is 0 Å². The molecule has 2 aliphatic heterocycles. The van der Waals surface area contributed by atoms with Crippen molar-refractivity contribution in [2.45, 2.75) is 25.5 Å². The van der Waals surface area contributed by atoms with E-state index >= 15 is 0 Å². The minimum absolute atomic E-state index is 0.0308. The number of hydrogen-bond donors (Lipinski definition) is 1. The fourth-order valence-electron chi connectivity index (χ4n) is 3.30. The third kappa shape index (κ3) is 3.70. The van der Waals surface area contributed by atoms with Crippen LogP contribution >= 0.6 is 23.2 Å². The van der Waals surface area contributed by atoms with Crippen LogP contribution in [-0.2, 0) is 4.74 Å². The number of aliphatic hydroxyl groups excluding tert-OH is 1. The van der Waals surface area contributed by atoms with Crippen LogP contribution in [0.2, 0.25) is 10.0 Å². The molecule has 0 unspecified atom stereocenters. The Morgan fingerprint density at radius 1 is 1.17 bits per heavy atom. The van der Waals surface area contributed by atoms with Gasteiger partial charge in [-0.25, -0.2) is 0 Å². The Kier molecular flexibility index (Phi) is 5.67. The van der Waals surface area contributed by atoms with Crippen LogP contribution in [0.25, 0.3) is 0 Å². The van der Waals surface area contributed by atoms with Gasteiger partial charge in [-0.2, -0.15) is 0 Å². The fraction of sp³-hybridized carbons (Fsp3) is 0.588. The predicted octanol–water partition coefficient (Wildman–Crippen LogP) is 2.21.